The standard InChI is InChI=1S/C15H21F2NO3/c1-3-10(2)12(19)9-18-14(20)8-11-6-4-5-7-13(11)21-15(16)17/h4-7,10,12,15,19H,3,8-9H2,1-2H3,(H,18,20). The Balaban J connectivity index is 2.55. The maximum absolute atomic E-state index is 12.3. The highest BCUT2D eigenvalue weighted by Crippen LogP contribution is 2.20. The third-order valence-electron chi connectivity index (χ3n) is 3.35. The van der Waals surface area contributed by atoms with Gasteiger partial charge in [0.2, 0.25) is 5.91 Å². The summed E-state index contributed by atoms with van der Waals surface area (Å²) < 4.78 is 28.9. The van der Waals surface area contributed by atoms with E-state index >= 15 is 0 Å². The second kappa shape index (κ2) is 8.56. The van der Waals surface area contributed by atoms with Gasteiger partial charge >= 0.3 is 6.61 Å². The van der Waals surface area contributed by atoms with Crippen LogP contribution in [-0.4, -0.2) is 30.3 Å². The molecule has 0 aromatic heterocycles. The Morgan fingerprint density at radius 1 is 1.38 bits per heavy atom. The highest BCUT2D eigenvalue weighted by Gasteiger charge is 2.15. The molecule has 0 aliphatic rings. The van der Waals surface area contributed by atoms with Gasteiger partial charge in [0.05, 0.1) is 12.5 Å². The number of hydrogen-bond acceptors (Lipinski definition) is 3. The lowest BCUT2D eigenvalue weighted by atomic mass is 10.0. The predicted octanol–water partition coefficient (Wildman–Crippen LogP) is 2.35. The molecule has 0 saturated carbocycles. The molecule has 0 aliphatic carbocycles. The molecule has 2 N–H and O–H groups in total. The normalized spacial score (nSPS) is 13.8. The van der Waals surface area contributed by atoms with Crippen molar-refractivity contribution in [3.8, 4) is 5.75 Å². The summed E-state index contributed by atoms with van der Waals surface area (Å²) in [7, 11) is 0. The molecule has 6 heteroatoms. The quantitative estimate of drug-likeness (QED) is 0.775. The zero-order valence-corrected chi connectivity index (χ0v) is 12.2. The first-order valence-corrected chi connectivity index (χ1v) is 6.91. The lowest BCUT2D eigenvalue weighted by Crippen LogP contribution is -2.36. The Morgan fingerprint density at radius 3 is 2.67 bits per heavy atom. The van der Waals surface area contributed by atoms with Crippen molar-refractivity contribution in [1.82, 2.24) is 5.32 Å². The van der Waals surface area contributed by atoms with Gasteiger partial charge in [-0.2, -0.15) is 8.78 Å². The number of rotatable bonds is 8. The van der Waals surface area contributed by atoms with E-state index in [1.54, 1.807) is 18.2 Å². The molecule has 0 spiro atoms. The number of carbonyl (C=O) groups excluding carboxylic acids is 1. The van der Waals surface area contributed by atoms with Crippen molar-refractivity contribution in [2.75, 3.05) is 6.54 Å². The smallest absolute Gasteiger partial charge is 0.387 e. The largest absolute Gasteiger partial charge is 0.435 e. The molecule has 2 atom stereocenters. The molecule has 1 aromatic rings. The molecule has 1 aromatic carbocycles. The van der Waals surface area contributed by atoms with Crippen LogP contribution in [0.15, 0.2) is 24.3 Å². The van der Waals surface area contributed by atoms with Crippen molar-refractivity contribution in [3.05, 3.63) is 29.8 Å². The van der Waals surface area contributed by atoms with E-state index in [0.717, 1.165) is 6.42 Å². The van der Waals surface area contributed by atoms with Crippen LogP contribution in [0.2, 0.25) is 0 Å². The molecule has 0 aliphatic heterocycles. The Bertz CT molecular complexity index is 454. The highest BCUT2D eigenvalue weighted by atomic mass is 19.3. The van der Waals surface area contributed by atoms with Gasteiger partial charge in [0.15, 0.2) is 0 Å². The lowest BCUT2D eigenvalue weighted by Gasteiger charge is -2.17. The second-order valence-corrected chi connectivity index (χ2v) is 4.92. The first-order chi connectivity index (χ1) is 9.93. The number of benzene rings is 1. The number of aliphatic hydroxyl groups excluding tert-OH is 1. The van der Waals surface area contributed by atoms with E-state index in [4.69, 9.17) is 0 Å². The number of amides is 1. The summed E-state index contributed by atoms with van der Waals surface area (Å²) in [6.45, 7) is 1.06. The van der Waals surface area contributed by atoms with E-state index in [1.165, 1.54) is 6.07 Å². The fourth-order valence-corrected chi connectivity index (χ4v) is 1.79. The van der Waals surface area contributed by atoms with Crippen LogP contribution in [0.5, 0.6) is 5.75 Å². The van der Waals surface area contributed by atoms with E-state index < -0.39 is 12.7 Å². The number of hydrogen-bond donors (Lipinski definition) is 2. The van der Waals surface area contributed by atoms with Gasteiger partial charge in [0.25, 0.3) is 0 Å². The minimum atomic E-state index is -2.93. The molecule has 1 amide bonds. The van der Waals surface area contributed by atoms with Crippen LogP contribution in [0.3, 0.4) is 0 Å². The molecule has 0 bridgehead atoms. The summed E-state index contributed by atoms with van der Waals surface area (Å²) in [5.74, 6) is -0.271. The van der Waals surface area contributed by atoms with Crippen LogP contribution >= 0.6 is 0 Å². The third kappa shape index (κ3) is 6.08. The summed E-state index contributed by atoms with van der Waals surface area (Å²) >= 11 is 0. The van der Waals surface area contributed by atoms with Crippen LogP contribution in [-0.2, 0) is 11.2 Å². The van der Waals surface area contributed by atoms with Crippen molar-refractivity contribution in [2.45, 2.75) is 39.4 Å². The van der Waals surface area contributed by atoms with Gasteiger partial charge in [-0.1, -0.05) is 38.5 Å². The fourth-order valence-electron chi connectivity index (χ4n) is 1.79. The average molecular weight is 301 g/mol. The number of alkyl halides is 2. The zero-order chi connectivity index (χ0) is 15.8. The molecular formula is C15H21F2NO3. The number of nitrogens with one attached hydrogen (secondary N) is 1. The minimum absolute atomic E-state index is 0.00914. The molecule has 0 fully saturated rings. The molecule has 0 heterocycles. The van der Waals surface area contributed by atoms with Gasteiger partial charge in [-0.15, -0.1) is 0 Å². The summed E-state index contributed by atoms with van der Waals surface area (Å²) in [6.07, 6.45) is 0.115. The molecule has 0 saturated heterocycles. The zero-order valence-electron chi connectivity index (χ0n) is 12.2. The van der Waals surface area contributed by atoms with Gasteiger partial charge in [0.1, 0.15) is 5.75 Å². The van der Waals surface area contributed by atoms with E-state index in [9.17, 15) is 18.7 Å². The molecule has 21 heavy (non-hydrogen) atoms. The summed E-state index contributed by atoms with van der Waals surface area (Å²) in [6, 6.07) is 6.16. The average Bonchev–Trinajstić information content (AvgIpc) is 2.45. The number of carbonyl (C=O) groups is 1. The monoisotopic (exact) mass is 301 g/mol. The van der Waals surface area contributed by atoms with Crippen molar-refractivity contribution < 1.29 is 23.4 Å². The van der Waals surface area contributed by atoms with Crippen molar-refractivity contribution in [3.63, 3.8) is 0 Å². The molecule has 1 rings (SSSR count). The van der Waals surface area contributed by atoms with Crippen LogP contribution in [0, 0.1) is 5.92 Å². The predicted molar refractivity (Wildman–Crippen MR) is 75.2 cm³/mol. The maximum Gasteiger partial charge on any atom is 0.387 e. The second-order valence-electron chi connectivity index (χ2n) is 4.92. The van der Waals surface area contributed by atoms with Crippen molar-refractivity contribution >= 4 is 5.91 Å². The molecule has 4 nitrogen and oxygen atoms in total. The number of aliphatic hydroxyl groups is 1. The lowest BCUT2D eigenvalue weighted by molar-refractivity contribution is -0.121. The van der Waals surface area contributed by atoms with Gasteiger partial charge in [-0.3, -0.25) is 4.79 Å². The third-order valence-corrected chi connectivity index (χ3v) is 3.35. The van der Waals surface area contributed by atoms with Crippen molar-refractivity contribution in [2.24, 2.45) is 5.92 Å². The number of halogens is 2. The van der Waals surface area contributed by atoms with E-state index in [1.807, 2.05) is 13.8 Å². The molecule has 118 valence electrons. The first-order valence-electron chi connectivity index (χ1n) is 6.91. The first kappa shape index (κ1) is 17.4. The number of para-hydroxylation sites is 1. The molecular weight excluding hydrogens is 280 g/mol. The van der Waals surface area contributed by atoms with Crippen LogP contribution < -0.4 is 10.1 Å². The van der Waals surface area contributed by atoms with Gasteiger partial charge in [-0.25, -0.2) is 0 Å². The summed E-state index contributed by atoms with van der Waals surface area (Å²) in [5, 5.41) is 12.4. The Morgan fingerprint density at radius 2 is 2.05 bits per heavy atom. The number of ether oxygens (including phenoxy) is 1. The maximum atomic E-state index is 12.3. The van der Waals surface area contributed by atoms with Gasteiger partial charge in [-0.05, 0) is 12.0 Å². The van der Waals surface area contributed by atoms with Crippen LogP contribution in [0.1, 0.15) is 25.8 Å². The fraction of sp³-hybridized carbons (Fsp3) is 0.533. The highest BCUT2D eigenvalue weighted by molar-refractivity contribution is 5.79. The Hall–Kier alpha value is -1.69. The van der Waals surface area contributed by atoms with Crippen LogP contribution in [0.25, 0.3) is 0 Å². The SMILES string of the molecule is CCC(C)C(O)CNC(=O)Cc1ccccc1OC(F)F. The van der Waals surface area contributed by atoms with Crippen molar-refractivity contribution in [1.29, 1.82) is 0 Å². The van der Waals surface area contributed by atoms with E-state index in [2.05, 4.69) is 10.1 Å². The van der Waals surface area contributed by atoms with E-state index in [0.29, 0.717) is 5.56 Å². The molecule has 0 radical (unpaired) electrons. The summed E-state index contributed by atoms with van der Waals surface area (Å²) in [5.41, 5.74) is 0.383. The van der Waals surface area contributed by atoms with Gasteiger partial charge < -0.3 is 15.2 Å². The topological polar surface area (TPSA) is 58.6 Å². The van der Waals surface area contributed by atoms with Crippen LogP contribution in [0.4, 0.5) is 8.78 Å². The summed E-state index contributed by atoms with van der Waals surface area (Å²) in [4.78, 5) is 11.8. The van der Waals surface area contributed by atoms with E-state index in [-0.39, 0.29) is 30.5 Å². The Kier molecular flexibility index (Phi) is 7.08. The minimum Gasteiger partial charge on any atom is -0.435 e. The Labute approximate surface area is 123 Å². The van der Waals surface area contributed by atoms with Gasteiger partial charge in [0, 0.05) is 12.1 Å². The molecule has 2 unspecified atom stereocenters.